The Morgan fingerprint density at radius 1 is 1.28 bits per heavy atom. The summed E-state index contributed by atoms with van der Waals surface area (Å²) in [5, 5.41) is 3.72. The second kappa shape index (κ2) is 4.89. The largest absolute Gasteiger partial charge is 0.310 e. The van der Waals surface area contributed by atoms with E-state index in [1.54, 1.807) is 0 Å². The first-order valence-electron chi connectivity index (χ1n) is 7.20. The molecule has 3 rings (SSSR count). The molecule has 1 heteroatoms. The van der Waals surface area contributed by atoms with Crippen LogP contribution in [0.2, 0.25) is 0 Å². The maximum Gasteiger partial charge on any atom is 0.0292 e. The van der Waals surface area contributed by atoms with E-state index in [0.29, 0.717) is 6.04 Å². The minimum Gasteiger partial charge on any atom is -0.310 e. The van der Waals surface area contributed by atoms with Crippen LogP contribution in [0.15, 0.2) is 36.4 Å². The molecule has 1 nitrogen and oxygen atoms in total. The predicted molar refractivity (Wildman–Crippen MR) is 76.4 cm³/mol. The van der Waals surface area contributed by atoms with Gasteiger partial charge >= 0.3 is 0 Å². The van der Waals surface area contributed by atoms with Crippen molar-refractivity contribution in [2.75, 3.05) is 6.54 Å². The normalized spacial score (nSPS) is 30.9. The Labute approximate surface area is 110 Å². The van der Waals surface area contributed by atoms with Crippen LogP contribution in [0.5, 0.6) is 0 Å². The molecule has 1 aromatic rings. The number of allylic oxidation sites excluding steroid dienone is 2. The molecular formula is C17H23N. The zero-order valence-corrected chi connectivity index (χ0v) is 11.4. The van der Waals surface area contributed by atoms with Crippen molar-refractivity contribution in [2.24, 2.45) is 17.8 Å². The number of fused-ring (bicyclic) bond motifs is 2. The van der Waals surface area contributed by atoms with Gasteiger partial charge in [-0.1, -0.05) is 42.0 Å². The lowest BCUT2D eigenvalue weighted by Gasteiger charge is -2.22. The van der Waals surface area contributed by atoms with Crippen LogP contribution in [0.3, 0.4) is 0 Å². The molecule has 0 spiro atoms. The smallest absolute Gasteiger partial charge is 0.0292 e. The fourth-order valence-corrected chi connectivity index (χ4v) is 3.51. The third kappa shape index (κ3) is 2.37. The van der Waals surface area contributed by atoms with Crippen molar-refractivity contribution in [3.05, 3.63) is 47.5 Å². The van der Waals surface area contributed by atoms with Crippen molar-refractivity contribution in [2.45, 2.75) is 32.7 Å². The minimum atomic E-state index is 0.466. The Morgan fingerprint density at radius 3 is 2.83 bits per heavy atom. The summed E-state index contributed by atoms with van der Waals surface area (Å²) in [7, 11) is 0. The van der Waals surface area contributed by atoms with E-state index in [1.165, 1.54) is 30.5 Å². The number of hydrogen-bond acceptors (Lipinski definition) is 1. The zero-order chi connectivity index (χ0) is 12.5. The maximum absolute atomic E-state index is 3.72. The van der Waals surface area contributed by atoms with E-state index in [-0.39, 0.29) is 0 Å². The molecular weight excluding hydrogens is 218 g/mol. The lowest BCUT2D eigenvalue weighted by molar-refractivity contribution is 0.393. The second-order valence-electron chi connectivity index (χ2n) is 6.08. The van der Waals surface area contributed by atoms with Crippen molar-refractivity contribution < 1.29 is 0 Å². The third-order valence-corrected chi connectivity index (χ3v) is 4.64. The van der Waals surface area contributed by atoms with Crippen molar-refractivity contribution in [3.8, 4) is 0 Å². The number of benzene rings is 1. The van der Waals surface area contributed by atoms with Gasteiger partial charge in [0.1, 0.15) is 0 Å². The topological polar surface area (TPSA) is 12.0 Å². The van der Waals surface area contributed by atoms with E-state index in [0.717, 1.165) is 17.8 Å². The fraction of sp³-hybridized carbons (Fsp3) is 0.529. The quantitative estimate of drug-likeness (QED) is 0.789. The SMILES string of the molecule is Cc1cccc([C@H](C)NCC2CC3C=CC2C3)c1. The molecule has 1 N–H and O–H groups in total. The summed E-state index contributed by atoms with van der Waals surface area (Å²) in [6.07, 6.45) is 7.67. The zero-order valence-electron chi connectivity index (χ0n) is 11.4. The minimum absolute atomic E-state index is 0.466. The molecule has 0 aromatic heterocycles. The molecule has 18 heavy (non-hydrogen) atoms. The summed E-state index contributed by atoms with van der Waals surface area (Å²) in [6, 6.07) is 9.30. The van der Waals surface area contributed by atoms with Crippen LogP contribution < -0.4 is 5.32 Å². The lowest BCUT2D eigenvalue weighted by Crippen LogP contribution is -2.27. The van der Waals surface area contributed by atoms with Crippen LogP contribution in [0.4, 0.5) is 0 Å². The van der Waals surface area contributed by atoms with Gasteiger partial charge in [0.15, 0.2) is 0 Å². The van der Waals surface area contributed by atoms with Gasteiger partial charge < -0.3 is 5.32 Å². The van der Waals surface area contributed by atoms with Crippen LogP contribution >= 0.6 is 0 Å². The molecule has 0 radical (unpaired) electrons. The van der Waals surface area contributed by atoms with Gasteiger partial charge in [0, 0.05) is 6.04 Å². The molecule has 96 valence electrons. The van der Waals surface area contributed by atoms with Crippen LogP contribution in [-0.4, -0.2) is 6.54 Å². The monoisotopic (exact) mass is 241 g/mol. The van der Waals surface area contributed by atoms with Gasteiger partial charge in [-0.25, -0.2) is 0 Å². The summed E-state index contributed by atoms with van der Waals surface area (Å²) in [5.74, 6) is 2.61. The number of rotatable bonds is 4. The number of hydrogen-bond donors (Lipinski definition) is 1. The van der Waals surface area contributed by atoms with Gasteiger partial charge in [-0.15, -0.1) is 0 Å². The summed E-state index contributed by atoms with van der Waals surface area (Å²) < 4.78 is 0. The number of aryl methyl sites for hydroxylation is 1. The molecule has 0 aliphatic heterocycles. The van der Waals surface area contributed by atoms with Gasteiger partial charge in [0.25, 0.3) is 0 Å². The van der Waals surface area contributed by atoms with Crippen molar-refractivity contribution in [3.63, 3.8) is 0 Å². The van der Waals surface area contributed by atoms with E-state index >= 15 is 0 Å². The first kappa shape index (κ1) is 12.0. The lowest BCUT2D eigenvalue weighted by atomic mass is 9.93. The molecule has 0 saturated heterocycles. The number of nitrogens with one attached hydrogen (secondary N) is 1. The molecule has 1 saturated carbocycles. The molecule has 0 amide bonds. The first-order valence-corrected chi connectivity index (χ1v) is 7.20. The molecule has 3 unspecified atom stereocenters. The Morgan fingerprint density at radius 2 is 2.17 bits per heavy atom. The summed E-state index contributed by atoms with van der Waals surface area (Å²) >= 11 is 0. The molecule has 2 bridgehead atoms. The molecule has 2 aliphatic carbocycles. The van der Waals surface area contributed by atoms with Crippen LogP contribution in [0, 0.1) is 24.7 Å². The van der Waals surface area contributed by atoms with Crippen LogP contribution in [0.25, 0.3) is 0 Å². The van der Waals surface area contributed by atoms with Gasteiger partial charge in [-0.05, 0) is 56.6 Å². The highest BCUT2D eigenvalue weighted by Gasteiger charge is 2.35. The molecule has 1 fully saturated rings. The standard InChI is InChI=1S/C17H23N/c1-12-4-3-5-15(8-12)13(2)18-11-17-10-14-6-7-16(17)9-14/h3-8,13-14,16-18H,9-11H2,1-2H3/t13-,14?,16?,17?/m0/s1. The second-order valence-corrected chi connectivity index (χ2v) is 6.08. The van der Waals surface area contributed by atoms with Gasteiger partial charge in [0.2, 0.25) is 0 Å². The Hall–Kier alpha value is -1.08. The third-order valence-electron chi connectivity index (χ3n) is 4.64. The van der Waals surface area contributed by atoms with Gasteiger partial charge in [-0.2, -0.15) is 0 Å². The first-order chi connectivity index (χ1) is 8.72. The van der Waals surface area contributed by atoms with Crippen LogP contribution in [-0.2, 0) is 0 Å². The fourth-order valence-electron chi connectivity index (χ4n) is 3.51. The molecule has 4 atom stereocenters. The van der Waals surface area contributed by atoms with Crippen molar-refractivity contribution in [1.82, 2.24) is 5.32 Å². The van der Waals surface area contributed by atoms with E-state index in [9.17, 15) is 0 Å². The van der Waals surface area contributed by atoms with E-state index < -0.39 is 0 Å². The van der Waals surface area contributed by atoms with E-state index in [1.807, 2.05) is 0 Å². The average molecular weight is 241 g/mol. The summed E-state index contributed by atoms with van der Waals surface area (Å²) in [4.78, 5) is 0. The van der Waals surface area contributed by atoms with Crippen LogP contribution in [0.1, 0.15) is 36.9 Å². The summed E-state index contributed by atoms with van der Waals surface area (Å²) in [5.41, 5.74) is 2.76. The average Bonchev–Trinajstić information content (AvgIpc) is 2.98. The van der Waals surface area contributed by atoms with E-state index in [2.05, 4.69) is 55.6 Å². The maximum atomic E-state index is 3.72. The highest BCUT2D eigenvalue weighted by molar-refractivity contribution is 5.24. The molecule has 0 heterocycles. The Balaban J connectivity index is 1.55. The van der Waals surface area contributed by atoms with Gasteiger partial charge in [0.05, 0.1) is 0 Å². The van der Waals surface area contributed by atoms with E-state index in [4.69, 9.17) is 0 Å². The highest BCUT2D eigenvalue weighted by Crippen LogP contribution is 2.43. The van der Waals surface area contributed by atoms with Gasteiger partial charge in [-0.3, -0.25) is 0 Å². The van der Waals surface area contributed by atoms with Crippen molar-refractivity contribution in [1.29, 1.82) is 0 Å². The van der Waals surface area contributed by atoms with Crippen molar-refractivity contribution >= 4 is 0 Å². The molecule has 1 aromatic carbocycles. The molecule has 2 aliphatic rings. The Kier molecular flexibility index (Phi) is 3.25. The highest BCUT2D eigenvalue weighted by atomic mass is 14.9. The summed E-state index contributed by atoms with van der Waals surface area (Å²) in [6.45, 7) is 5.61. The predicted octanol–water partition coefficient (Wildman–Crippen LogP) is 3.86. The Bertz CT molecular complexity index is 449.